The molecule has 0 saturated carbocycles. The number of ether oxygens (including phenoxy) is 1. The maximum atomic E-state index is 13.1. The summed E-state index contributed by atoms with van der Waals surface area (Å²) < 4.78 is 18.8. The van der Waals surface area contributed by atoms with Gasteiger partial charge in [0.25, 0.3) is 5.91 Å². The molecule has 1 aliphatic rings. The Morgan fingerprint density at radius 2 is 2.00 bits per heavy atom. The van der Waals surface area contributed by atoms with E-state index in [0.717, 1.165) is 23.3 Å². The summed E-state index contributed by atoms with van der Waals surface area (Å²) in [6.07, 6.45) is 0.728. The fourth-order valence-electron chi connectivity index (χ4n) is 3.04. The third-order valence-corrected chi connectivity index (χ3v) is 5.56. The Morgan fingerprint density at radius 1 is 1.23 bits per heavy atom. The minimum atomic E-state index is -0.293. The smallest absolute Gasteiger partial charge is 0.263 e. The largest absolute Gasteiger partial charge is 0.493 e. The number of para-hydroxylation sites is 1. The zero-order chi connectivity index (χ0) is 18.1. The van der Waals surface area contributed by atoms with Crippen LogP contribution in [-0.4, -0.2) is 17.5 Å². The van der Waals surface area contributed by atoms with Crippen LogP contribution in [0.5, 0.6) is 5.75 Å². The SMILES string of the molecule is Cc1nc(-c2ccc(F)cc2)sc1C(=O)N[C@H]1CCOc2ccccc21. The number of fused-ring (bicyclic) bond motifs is 1. The number of rotatable bonds is 3. The number of carbonyl (C=O) groups excluding carboxylic acids is 1. The third-order valence-electron chi connectivity index (χ3n) is 4.36. The number of halogens is 1. The van der Waals surface area contributed by atoms with Gasteiger partial charge in [0.2, 0.25) is 0 Å². The Labute approximate surface area is 154 Å². The molecule has 0 saturated heterocycles. The molecule has 1 N–H and O–H groups in total. The minimum Gasteiger partial charge on any atom is -0.493 e. The zero-order valence-electron chi connectivity index (χ0n) is 14.2. The van der Waals surface area contributed by atoms with E-state index < -0.39 is 0 Å². The molecular formula is C20H17FN2O2S. The molecule has 26 heavy (non-hydrogen) atoms. The van der Waals surface area contributed by atoms with Crippen molar-refractivity contribution in [1.82, 2.24) is 10.3 Å². The number of aromatic nitrogens is 1. The van der Waals surface area contributed by atoms with E-state index in [1.807, 2.05) is 31.2 Å². The van der Waals surface area contributed by atoms with Gasteiger partial charge in [0.05, 0.1) is 18.3 Å². The number of hydrogen-bond donors (Lipinski definition) is 1. The molecule has 0 bridgehead atoms. The standard InChI is InChI=1S/C20H17FN2O2S/c1-12-18(26-20(22-12)13-6-8-14(21)9-7-13)19(24)23-16-10-11-25-17-5-3-2-4-15(16)17/h2-9,16H,10-11H2,1H3,(H,23,24)/t16-/m0/s1. The van der Waals surface area contributed by atoms with E-state index in [4.69, 9.17) is 4.74 Å². The van der Waals surface area contributed by atoms with E-state index in [9.17, 15) is 9.18 Å². The van der Waals surface area contributed by atoms with E-state index in [0.29, 0.717) is 22.2 Å². The Bertz CT molecular complexity index is 953. The molecule has 1 aromatic heterocycles. The fraction of sp³-hybridized carbons (Fsp3) is 0.200. The van der Waals surface area contributed by atoms with Gasteiger partial charge in [-0.3, -0.25) is 4.79 Å². The molecule has 132 valence electrons. The van der Waals surface area contributed by atoms with Crippen LogP contribution in [0.2, 0.25) is 0 Å². The molecule has 0 radical (unpaired) electrons. The molecule has 0 fully saturated rings. The number of thiazole rings is 1. The van der Waals surface area contributed by atoms with Gasteiger partial charge in [0.15, 0.2) is 0 Å². The summed E-state index contributed by atoms with van der Waals surface area (Å²) in [4.78, 5) is 17.9. The number of carbonyl (C=O) groups is 1. The molecule has 4 nitrogen and oxygen atoms in total. The highest BCUT2D eigenvalue weighted by Gasteiger charge is 2.25. The Balaban J connectivity index is 1.57. The highest BCUT2D eigenvalue weighted by atomic mass is 32.1. The van der Waals surface area contributed by atoms with Crippen molar-refractivity contribution in [1.29, 1.82) is 0 Å². The monoisotopic (exact) mass is 368 g/mol. The quantitative estimate of drug-likeness (QED) is 0.740. The Morgan fingerprint density at radius 3 is 2.81 bits per heavy atom. The van der Waals surface area contributed by atoms with Crippen LogP contribution in [0.3, 0.4) is 0 Å². The number of amides is 1. The zero-order valence-corrected chi connectivity index (χ0v) is 15.0. The molecule has 0 spiro atoms. The molecule has 2 heterocycles. The molecule has 0 unspecified atom stereocenters. The van der Waals surface area contributed by atoms with Gasteiger partial charge in [0, 0.05) is 17.5 Å². The Kier molecular flexibility index (Phi) is 4.42. The van der Waals surface area contributed by atoms with Crippen molar-refractivity contribution in [3.05, 3.63) is 70.5 Å². The maximum Gasteiger partial charge on any atom is 0.263 e. The van der Waals surface area contributed by atoms with Gasteiger partial charge in [-0.25, -0.2) is 9.37 Å². The summed E-state index contributed by atoms with van der Waals surface area (Å²) >= 11 is 1.32. The normalized spacial score (nSPS) is 15.8. The van der Waals surface area contributed by atoms with Crippen LogP contribution in [0.1, 0.15) is 33.4 Å². The lowest BCUT2D eigenvalue weighted by Crippen LogP contribution is -2.32. The fourth-order valence-corrected chi connectivity index (χ4v) is 4.01. The predicted molar refractivity (Wildman–Crippen MR) is 99.0 cm³/mol. The van der Waals surface area contributed by atoms with Gasteiger partial charge in [0.1, 0.15) is 21.5 Å². The van der Waals surface area contributed by atoms with Crippen molar-refractivity contribution in [3.8, 4) is 16.3 Å². The van der Waals surface area contributed by atoms with E-state index >= 15 is 0 Å². The molecule has 2 aromatic carbocycles. The van der Waals surface area contributed by atoms with Gasteiger partial charge in [-0.05, 0) is 37.3 Å². The van der Waals surface area contributed by atoms with Gasteiger partial charge >= 0.3 is 0 Å². The van der Waals surface area contributed by atoms with Crippen LogP contribution in [0.4, 0.5) is 4.39 Å². The van der Waals surface area contributed by atoms with Crippen LogP contribution in [0.25, 0.3) is 10.6 Å². The summed E-state index contributed by atoms with van der Waals surface area (Å²) in [7, 11) is 0. The maximum absolute atomic E-state index is 13.1. The van der Waals surface area contributed by atoms with Crippen LogP contribution in [0, 0.1) is 12.7 Å². The van der Waals surface area contributed by atoms with Crippen molar-refractivity contribution in [2.45, 2.75) is 19.4 Å². The van der Waals surface area contributed by atoms with Crippen LogP contribution < -0.4 is 10.1 Å². The summed E-state index contributed by atoms with van der Waals surface area (Å²) in [6.45, 7) is 2.39. The van der Waals surface area contributed by atoms with E-state index in [1.54, 1.807) is 12.1 Å². The number of benzene rings is 2. The second-order valence-electron chi connectivity index (χ2n) is 6.14. The van der Waals surface area contributed by atoms with Crippen LogP contribution in [-0.2, 0) is 0 Å². The van der Waals surface area contributed by atoms with E-state index in [1.165, 1.54) is 23.5 Å². The van der Waals surface area contributed by atoms with Gasteiger partial charge in [-0.1, -0.05) is 18.2 Å². The lowest BCUT2D eigenvalue weighted by Gasteiger charge is -2.26. The van der Waals surface area contributed by atoms with E-state index in [2.05, 4.69) is 10.3 Å². The molecule has 6 heteroatoms. The number of aryl methyl sites for hydroxylation is 1. The Hall–Kier alpha value is -2.73. The molecule has 1 amide bonds. The van der Waals surface area contributed by atoms with E-state index in [-0.39, 0.29) is 17.8 Å². The summed E-state index contributed by atoms with van der Waals surface area (Å²) in [6, 6.07) is 13.8. The average molecular weight is 368 g/mol. The summed E-state index contributed by atoms with van der Waals surface area (Å²) in [5, 5.41) is 3.81. The molecule has 0 aliphatic carbocycles. The van der Waals surface area contributed by atoms with Crippen molar-refractivity contribution >= 4 is 17.2 Å². The number of nitrogens with zero attached hydrogens (tertiary/aromatic N) is 1. The van der Waals surface area contributed by atoms with Gasteiger partial charge in [-0.2, -0.15) is 0 Å². The lowest BCUT2D eigenvalue weighted by molar-refractivity contribution is 0.0928. The first-order valence-electron chi connectivity index (χ1n) is 8.38. The summed E-state index contributed by atoms with van der Waals surface area (Å²) in [5.74, 6) is 0.380. The van der Waals surface area contributed by atoms with Gasteiger partial charge < -0.3 is 10.1 Å². The first kappa shape index (κ1) is 16.7. The predicted octanol–water partition coefficient (Wildman–Crippen LogP) is 4.51. The average Bonchev–Trinajstić information content (AvgIpc) is 3.04. The molecule has 1 atom stereocenters. The highest BCUT2D eigenvalue weighted by molar-refractivity contribution is 7.17. The first-order valence-corrected chi connectivity index (χ1v) is 9.19. The second kappa shape index (κ2) is 6.88. The minimum absolute atomic E-state index is 0.0804. The lowest BCUT2D eigenvalue weighted by atomic mass is 10.0. The number of hydrogen-bond acceptors (Lipinski definition) is 4. The van der Waals surface area contributed by atoms with Crippen LogP contribution >= 0.6 is 11.3 Å². The van der Waals surface area contributed by atoms with Crippen LogP contribution in [0.15, 0.2) is 48.5 Å². The highest BCUT2D eigenvalue weighted by Crippen LogP contribution is 2.33. The first-order chi connectivity index (χ1) is 12.6. The van der Waals surface area contributed by atoms with Crippen molar-refractivity contribution < 1.29 is 13.9 Å². The topological polar surface area (TPSA) is 51.2 Å². The molecule has 3 aromatic rings. The van der Waals surface area contributed by atoms with Crippen molar-refractivity contribution in [3.63, 3.8) is 0 Å². The summed E-state index contributed by atoms with van der Waals surface area (Å²) in [5.41, 5.74) is 2.47. The number of nitrogens with one attached hydrogen (secondary N) is 1. The molecule has 1 aliphatic heterocycles. The second-order valence-corrected chi connectivity index (χ2v) is 7.14. The molecular weight excluding hydrogens is 351 g/mol. The van der Waals surface area contributed by atoms with Crippen molar-refractivity contribution in [2.24, 2.45) is 0 Å². The van der Waals surface area contributed by atoms with Crippen molar-refractivity contribution in [2.75, 3.05) is 6.61 Å². The van der Waals surface area contributed by atoms with Gasteiger partial charge in [-0.15, -0.1) is 11.3 Å². The molecule has 4 rings (SSSR count). The third kappa shape index (κ3) is 3.20.